The van der Waals surface area contributed by atoms with Gasteiger partial charge in [0.05, 0.1) is 10.7 Å². The third kappa shape index (κ3) is 4.53. The zero-order valence-electron chi connectivity index (χ0n) is 19.8. The molecule has 164 valence electrons. The van der Waals surface area contributed by atoms with E-state index in [-0.39, 0.29) is 10.8 Å². The maximum atomic E-state index is 5.13. The van der Waals surface area contributed by atoms with Crippen molar-refractivity contribution in [3.8, 4) is 11.3 Å². The summed E-state index contributed by atoms with van der Waals surface area (Å²) in [5, 5.41) is 3.65. The highest BCUT2D eigenvalue weighted by Gasteiger charge is 2.41. The van der Waals surface area contributed by atoms with E-state index in [1.54, 1.807) is 0 Å². The maximum absolute atomic E-state index is 5.13. The zero-order valence-corrected chi connectivity index (χ0v) is 20.6. The number of likely N-dealkylation sites (tertiary alicyclic amines) is 1. The van der Waals surface area contributed by atoms with Crippen LogP contribution in [-0.2, 0) is 10.8 Å². The molecule has 0 bridgehead atoms. The Labute approximate surface area is 188 Å². The van der Waals surface area contributed by atoms with Crippen molar-refractivity contribution in [2.75, 3.05) is 19.6 Å². The Hall–Kier alpha value is -1.19. The molecule has 4 rings (SSSR count). The van der Waals surface area contributed by atoms with Crippen LogP contribution in [0.5, 0.6) is 0 Å². The number of thiazole rings is 1. The van der Waals surface area contributed by atoms with Gasteiger partial charge in [-0.2, -0.15) is 0 Å². The van der Waals surface area contributed by atoms with Gasteiger partial charge in [-0.15, -0.1) is 11.3 Å². The molecule has 0 amide bonds. The number of aromatic nitrogens is 1. The van der Waals surface area contributed by atoms with Crippen LogP contribution in [0.4, 0.5) is 0 Å². The van der Waals surface area contributed by atoms with Gasteiger partial charge in [0.15, 0.2) is 0 Å². The van der Waals surface area contributed by atoms with E-state index in [9.17, 15) is 0 Å². The first-order chi connectivity index (χ1) is 14.3. The van der Waals surface area contributed by atoms with Crippen molar-refractivity contribution in [3.63, 3.8) is 0 Å². The average Bonchev–Trinajstić information content (AvgIpc) is 3.27. The molecule has 2 aliphatic rings. The minimum Gasteiger partial charge on any atom is -0.303 e. The largest absolute Gasteiger partial charge is 0.303 e. The molecule has 1 fully saturated rings. The minimum absolute atomic E-state index is 0.248. The second-order valence-electron chi connectivity index (χ2n) is 11.0. The molecule has 2 nitrogen and oxygen atoms in total. The van der Waals surface area contributed by atoms with E-state index in [4.69, 9.17) is 4.98 Å². The van der Waals surface area contributed by atoms with Crippen molar-refractivity contribution >= 4 is 11.3 Å². The summed E-state index contributed by atoms with van der Waals surface area (Å²) < 4.78 is 0. The van der Waals surface area contributed by atoms with E-state index in [1.165, 1.54) is 92.0 Å². The summed E-state index contributed by atoms with van der Waals surface area (Å²) in [6, 6.07) is 7.11. The zero-order chi connectivity index (χ0) is 21.4. The highest BCUT2D eigenvalue weighted by Crippen LogP contribution is 2.50. The highest BCUT2D eigenvalue weighted by atomic mass is 32.1. The average molecular weight is 425 g/mol. The summed E-state index contributed by atoms with van der Waals surface area (Å²) in [7, 11) is 0. The fourth-order valence-electron chi connectivity index (χ4n) is 5.92. The van der Waals surface area contributed by atoms with E-state index in [0.29, 0.717) is 5.92 Å². The number of hydrogen-bond acceptors (Lipinski definition) is 3. The van der Waals surface area contributed by atoms with Crippen molar-refractivity contribution in [1.29, 1.82) is 0 Å². The number of rotatable bonds is 7. The van der Waals surface area contributed by atoms with E-state index < -0.39 is 0 Å². The van der Waals surface area contributed by atoms with Crippen LogP contribution in [0.1, 0.15) is 102 Å². The molecule has 0 saturated carbocycles. The van der Waals surface area contributed by atoms with Gasteiger partial charge >= 0.3 is 0 Å². The van der Waals surface area contributed by atoms with Crippen LogP contribution in [0, 0.1) is 0 Å². The lowest BCUT2D eigenvalue weighted by Crippen LogP contribution is -2.33. The van der Waals surface area contributed by atoms with Crippen molar-refractivity contribution in [1.82, 2.24) is 9.88 Å². The molecule has 0 N–H and O–H groups in total. The normalized spacial score (nSPS) is 21.1. The van der Waals surface area contributed by atoms with Gasteiger partial charge in [-0.1, -0.05) is 66.0 Å². The van der Waals surface area contributed by atoms with Crippen molar-refractivity contribution in [2.45, 2.75) is 96.3 Å². The number of hydrogen-bond donors (Lipinski definition) is 0. The lowest BCUT2D eigenvalue weighted by atomic mass is 9.82. The number of piperidine rings is 1. The van der Waals surface area contributed by atoms with Gasteiger partial charge in [0.2, 0.25) is 0 Å². The summed E-state index contributed by atoms with van der Waals surface area (Å²) in [5.74, 6) is 0.653. The molecule has 1 aliphatic heterocycles. The molecule has 0 radical (unpaired) electrons. The molecule has 1 aromatic carbocycles. The molecule has 2 aromatic rings. The van der Waals surface area contributed by atoms with E-state index in [1.807, 2.05) is 11.3 Å². The van der Waals surface area contributed by atoms with Gasteiger partial charge in [-0.05, 0) is 73.3 Å². The van der Waals surface area contributed by atoms with Gasteiger partial charge in [0.25, 0.3) is 0 Å². The Kier molecular flexibility index (Phi) is 6.42. The first-order valence-electron chi connectivity index (χ1n) is 12.1. The molecule has 1 aliphatic carbocycles. The molecular formula is C27H40N2S. The first-order valence-corrected chi connectivity index (χ1v) is 13.0. The second-order valence-corrected chi connectivity index (χ2v) is 11.8. The number of benzene rings is 1. The number of nitrogens with zero attached hydrogens (tertiary/aromatic N) is 2. The van der Waals surface area contributed by atoms with Crippen LogP contribution < -0.4 is 0 Å². The van der Waals surface area contributed by atoms with Crippen molar-refractivity contribution in [3.05, 3.63) is 39.7 Å². The van der Waals surface area contributed by atoms with Crippen LogP contribution in [0.3, 0.4) is 0 Å². The Morgan fingerprint density at radius 3 is 2.47 bits per heavy atom. The third-order valence-corrected chi connectivity index (χ3v) is 8.45. The number of unbranched alkanes of at least 4 members (excludes halogenated alkanes) is 3. The quantitative estimate of drug-likeness (QED) is 0.427. The highest BCUT2D eigenvalue weighted by molar-refractivity contribution is 7.10. The Balaban J connectivity index is 1.41. The van der Waals surface area contributed by atoms with Crippen LogP contribution in [0.25, 0.3) is 11.3 Å². The molecule has 30 heavy (non-hydrogen) atoms. The molecule has 1 aromatic heterocycles. The minimum atomic E-state index is 0.248. The summed E-state index contributed by atoms with van der Waals surface area (Å²) in [5.41, 5.74) is 6.05. The predicted octanol–water partition coefficient (Wildman–Crippen LogP) is 7.53. The molecule has 0 atom stereocenters. The summed E-state index contributed by atoms with van der Waals surface area (Å²) in [4.78, 5) is 7.80. The van der Waals surface area contributed by atoms with Gasteiger partial charge in [-0.3, -0.25) is 0 Å². The van der Waals surface area contributed by atoms with Crippen LogP contribution in [-0.4, -0.2) is 29.5 Å². The first kappa shape index (κ1) is 22.0. The lowest BCUT2D eigenvalue weighted by Gasteiger charge is -2.31. The predicted molar refractivity (Wildman–Crippen MR) is 131 cm³/mol. The fraction of sp³-hybridized carbons (Fsp3) is 0.667. The molecule has 1 saturated heterocycles. The number of fused-ring (bicyclic) bond motifs is 1. The van der Waals surface area contributed by atoms with Gasteiger partial charge in [0, 0.05) is 16.9 Å². The molecule has 0 unspecified atom stereocenters. The fourth-order valence-corrected chi connectivity index (χ4v) is 6.92. The third-order valence-electron chi connectivity index (χ3n) is 7.44. The second kappa shape index (κ2) is 8.74. The van der Waals surface area contributed by atoms with Crippen molar-refractivity contribution < 1.29 is 0 Å². The summed E-state index contributed by atoms with van der Waals surface area (Å²) >= 11 is 1.88. The SMILES string of the molecule is CCCCCCN1CCC(c2nc(-c3ccc4c(c3)C(C)(C)CC4(C)C)cs2)CC1. The van der Waals surface area contributed by atoms with E-state index >= 15 is 0 Å². The molecule has 0 spiro atoms. The molecule has 2 heterocycles. The van der Waals surface area contributed by atoms with Crippen LogP contribution in [0.15, 0.2) is 23.6 Å². The Bertz CT molecular complexity index is 855. The van der Waals surface area contributed by atoms with Gasteiger partial charge < -0.3 is 4.90 Å². The van der Waals surface area contributed by atoms with E-state index in [2.05, 4.69) is 63.1 Å². The monoisotopic (exact) mass is 424 g/mol. The van der Waals surface area contributed by atoms with E-state index in [0.717, 1.165) is 0 Å². The standard InChI is InChI=1S/C27H40N2S/c1-6-7-8-9-14-29-15-12-20(13-16-29)25-28-24(18-30-25)21-10-11-22-23(17-21)27(4,5)19-26(22,2)3/h10-11,17-18,20H,6-9,12-16,19H2,1-5H3. The lowest BCUT2D eigenvalue weighted by molar-refractivity contribution is 0.208. The summed E-state index contributed by atoms with van der Waals surface area (Å²) in [6.45, 7) is 15.6. The topological polar surface area (TPSA) is 16.1 Å². The van der Waals surface area contributed by atoms with Gasteiger partial charge in [0.1, 0.15) is 0 Å². The van der Waals surface area contributed by atoms with Crippen LogP contribution >= 0.6 is 11.3 Å². The Morgan fingerprint density at radius 2 is 1.73 bits per heavy atom. The molecular weight excluding hydrogens is 384 g/mol. The van der Waals surface area contributed by atoms with Crippen molar-refractivity contribution in [2.24, 2.45) is 0 Å². The maximum Gasteiger partial charge on any atom is 0.0964 e. The summed E-state index contributed by atoms with van der Waals surface area (Å²) in [6.07, 6.45) is 9.23. The van der Waals surface area contributed by atoms with Crippen LogP contribution in [0.2, 0.25) is 0 Å². The Morgan fingerprint density at radius 1 is 1.00 bits per heavy atom. The molecule has 3 heteroatoms. The smallest absolute Gasteiger partial charge is 0.0964 e. The van der Waals surface area contributed by atoms with Gasteiger partial charge in [-0.25, -0.2) is 4.98 Å².